The third-order valence-electron chi connectivity index (χ3n) is 3.41. The van der Waals surface area contributed by atoms with Gasteiger partial charge in [0.05, 0.1) is 13.2 Å². The molecular weight excluding hydrogens is 322 g/mol. The maximum atomic E-state index is 12.6. The van der Waals surface area contributed by atoms with Crippen LogP contribution >= 0.6 is 0 Å². The number of benzene rings is 1. The molecule has 0 bridgehead atoms. The first kappa shape index (κ1) is 20.4. The minimum Gasteiger partial charge on any atom is -0.464 e. The first-order valence-electron chi connectivity index (χ1n) is 8.32. The molecule has 0 saturated heterocycles. The van der Waals surface area contributed by atoms with Crippen molar-refractivity contribution in [3.8, 4) is 0 Å². The molecule has 0 spiro atoms. The van der Waals surface area contributed by atoms with Crippen LogP contribution in [-0.4, -0.2) is 42.0 Å². The molecule has 6 heteroatoms. The number of carbonyl (C=O) groups excluding carboxylic acids is 3. The van der Waals surface area contributed by atoms with Crippen molar-refractivity contribution >= 4 is 17.8 Å². The Morgan fingerprint density at radius 3 is 2.12 bits per heavy atom. The Morgan fingerprint density at radius 2 is 1.64 bits per heavy atom. The fraction of sp³-hybridized carbons (Fsp3) is 0.421. The van der Waals surface area contributed by atoms with Crippen LogP contribution in [0.3, 0.4) is 0 Å². The van der Waals surface area contributed by atoms with Crippen LogP contribution in [0, 0.1) is 0 Å². The molecule has 6 nitrogen and oxygen atoms in total. The number of rotatable bonds is 10. The quantitative estimate of drug-likeness (QED) is 0.369. The summed E-state index contributed by atoms with van der Waals surface area (Å²) in [6.07, 6.45) is 2.20. The summed E-state index contributed by atoms with van der Waals surface area (Å²) in [4.78, 5) is 38.5. The summed E-state index contributed by atoms with van der Waals surface area (Å²) in [7, 11) is 0. The third kappa shape index (κ3) is 6.41. The van der Waals surface area contributed by atoms with E-state index in [-0.39, 0.29) is 32.1 Å². The lowest BCUT2D eigenvalue weighted by molar-refractivity contribution is -0.168. The molecule has 0 saturated carbocycles. The van der Waals surface area contributed by atoms with Crippen molar-refractivity contribution < 1.29 is 23.9 Å². The summed E-state index contributed by atoms with van der Waals surface area (Å²) >= 11 is 0. The zero-order valence-corrected chi connectivity index (χ0v) is 14.8. The molecule has 0 aliphatic carbocycles. The topological polar surface area (TPSA) is 72.9 Å². The maximum absolute atomic E-state index is 12.6. The Bertz CT molecular complexity index is 567. The molecular formula is C19H25NO5. The van der Waals surface area contributed by atoms with Crippen molar-refractivity contribution in [3.05, 3.63) is 48.6 Å². The average Bonchev–Trinajstić information content (AvgIpc) is 2.60. The van der Waals surface area contributed by atoms with Gasteiger partial charge in [-0.3, -0.25) is 4.79 Å². The molecule has 0 aromatic heterocycles. The number of amides is 1. The van der Waals surface area contributed by atoms with Crippen LogP contribution in [0.25, 0.3) is 0 Å². The zero-order valence-electron chi connectivity index (χ0n) is 14.8. The highest BCUT2D eigenvalue weighted by Crippen LogP contribution is 2.14. The van der Waals surface area contributed by atoms with Gasteiger partial charge < -0.3 is 14.4 Å². The first-order valence-corrected chi connectivity index (χ1v) is 8.32. The van der Waals surface area contributed by atoms with E-state index in [1.165, 1.54) is 4.90 Å². The minimum absolute atomic E-state index is 0.106. The lowest BCUT2D eigenvalue weighted by Crippen LogP contribution is -2.50. The van der Waals surface area contributed by atoms with Crippen molar-refractivity contribution in [2.75, 3.05) is 13.2 Å². The Kier molecular flexibility index (Phi) is 9.00. The molecule has 0 N–H and O–H groups in total. The molecule has 0 unspecified atom stereocenters. The molecule has 0 atom stereocenters. The molecule has 0 aliphatic heterocycles. The van der Waals surface area contributed by atoms with E-state index in [1.54, 1.807) is 19.9 Å². The highest BCUT2D eigenvalue weighted by molar-refractivity contribution is 6.02. The predicted octanol–water partition coefficient (Wildman–Crippen LogP) is 2.48. The normalized spacial score (nSPS) is 10.2. The second-order valence-corrected chi connectivity index (χ2v) is 5.24. The summed E-state index contributed by atoms with van der Waals surface area (Å²) < 4.78 is 9.98. The summed E-state index contributed by atoms with van der Waals surface area (Å²) in [6.45, 7) is 7.20. The molecule has 136 valence electrons. The number of ether oxygens (including phenoxy) is 2. The van der Waals surface area contributed by atoms with Crippen LogP contribution in [0.15, 0.2) is 43.0 Å². The van der Waals surface area contributed by atoms with E-state index in [9.17, 15) is 14.4 Å². The second kappa shape index (κ2) is 11.0. The number of nitrogens with zero attached hydrogens (tertiary/aromatic N) is 1. The van der Waals surface area contributed by atoms with E-state index in [1.807, 2.05) is 30.3 Å². The summed E-state index contributed by atoms with van der Waals surface area (Å²) in [6, 6.07) is 7.72. The van der Waals surface area contributed by atoms with Gasteiger partial charge in [0, 0.05) is 13.0 Å². The average molecular weight is 347 g/mol. The Balaban J connectivity index is 3.16. The highest BCUT2D eigenvalue weighted by Gasteiger charge is 2.38. The zero-order chi connectivity index (χ0) is 18.7. The van der Waals surface area contributed by atoms with Gasteiger partial charge in [0.15, 0.2) is 0 Å². The maximum Gasteiger partial charge on any atom is 0.340 e. The minimum atomic E-state index is -1.42. The van der Waals surface area contributed by atoms with Gasteiger partial charge in [-0.2, -0.15) is 0 Å². The molecule has 0 radical (unpaired) electrons. The predicted molar refractivity (Wildman–Crippen MR) is 93.5 cm³/mol. The standard InChI is InChI=1S/C19H25NO5/c1-4-7-13-16(21)20(14-15-11-9-8-10-12-15)17(18(22)24-5-2)19(23)25-6-3/h4,8-12,17H,1,5-7,13-14H2,2-3H3. The van der Waals surface area contributed by atoms with Crippen LogP contribution in [0.4, 0.5) is 0 Å². The third-order valence-corrected chi connectivity index (χ3v) is 3.41. The molecule has 1 aromatic rings. The van der Waals surface area contributed by atoms with E-state index < -0.39 is 18.0 Å². The molecule has 0 fully saturated rings. The van der Waals surface area contributed by atoms with Gasteiger partial charge in [0.2, 0.25) is 11.9 Å². The van der Waals surface area contributed by atoms with Crippen molar-refractivity contribution in [1.82, 2.24) is 4.90 Å². The van der Waals surface area contributed by atoms with Crippen molar-refractivity contribution in [2.24, 2.45) is 0 Å². The molecule has 1 aromatic carbocycles. The number of esters is 2. The van der Waals surface area contributed by atoms with E-state index in [0.717, 1.165) is 5.56 Å². The molecule has 0 aliphatic rings. The molecule has 0 heterocycles. The van der Waals surface area contributed by atoms with Gasteiger partial charge in [-0.1, -0.05) is 36.4 Å². The second-order valence-electron chi connectivity index (χ2n) is 5.24. The van der Waals surface area contributed by atoms with E-state index in [0.29, 0.717) is 6.42 Å². The molecule has 1 rings (SSSR count). The smallest absolute Gasteiger partial charge is 0.340 e. The fourth-order valence-electron chi connectivity index (χ4n) is 2.27. The SMILES string of the molecule is C=CCCC(=O)N(Cc1ccccc1)C(C(=O)OCC)C(=O)OCC. The Hall–Kier alpha value is -2.63. The fourth-order valence-corrected chi connectivity index (χ4v) is 2.27. The van der Waals surface area contributed by atoms with Gasteiger partial charge in [-0.15, -0.1) is 6.58 Å². The summed E-state index contributed by atoms with van der Waals surface area (Å²) in [5, 5.41) is 0. The van der Waals surface area contributed by atoms with Gasteiger partial charge in [-0.05, 0) is 25.8 Å². The monoisotopic (exact) mass is 347 g/mol. The van der Waals surface area contributed by atoms with Gasteiger partial charge >= 0.3 is 11.9 Å². The molecule has 25 heavy (non-hydrogen) atoms. The van der Waals surface area contributed by atoms with Crippen molar-refractivity contribution in [1.29, 1.82) is 0 Å². The van der Waals surface area contributed by atoms with E-state index >= 15 is 0 Å². The van der Waals surface area contributed by atoms with Gasteiger partial charge in [0.25, 0.3) is 0 Å². The van der Waals surface area contributed by atoms with Crippen LogP contribution in [0.5, 0.6) is 0 Å². The lowest BCUT2D eigenvalue weighted by atomic mass is 10.1. The van der Waals surface area contributed by atoms with Crippen LogP contribution in [-0.2, 0) is 30.4 Å². The largest absolute Gasteiger partial charge is 0.464 e. The van der Waals surface area contributed by atoms with Gasteiger partial charge in [0.1, 0.15) is 0 Å². The van der Waals surface area contributed by atoms with Gasteiger partial charge in [-0.25, -0.2) is 9.59 Å². The number of allylic oxidation sites excluding steroid dienone is 1. The van der Waals surface area contributed by atoms with Crippen LogP contribution in [0.2, 0.25) is 0 Å². The highest BCUT2D eigenvalue weighted by atomic mass is 16.6. The lowest BCUT2D eigenvalue weighted by Gasteiger charge is -2.29. The van der Waals surface area contributed by atoms with E-state index in [2.05, 4.69) is 6.58 Å². The summed E-state index contributed by atoms with van der Waals surface area (Å²) in [5.41, 5.74) is 0.799. The molecule has 1 amide bonds. The number of hydrogen-bond donors (Lipinski definition) is 0. The number of carbonyl (C=O) groups is 3. The number of hydrogen-bond acceptors (Lipinski definition) is 5. The summed E-state index contributed by atoms with van der Waals surface area (Å²) in [5.74, 6) is -1.91. The Labute approximate surface area is 148 Å². The first-order chi connectivity index (χ1) is 12.0. The van der Waals surface area contributed by atoms with Crippen LogP contribution in [0.1, 0.15) is 32.3 Å². The van der Waals surface area contributed by atoms with E-state index in [4.69, 9.17) is 9.47 Å². The van der Waals surface area contributed by atoms with Crippen molar-refractivity contribution in [2.45, 2.75) is 39.3 Å². The Morgan fingerprint density at radius 1 is 1.08 bits per heavy atom. The van der Waals surface area contributed by atoms with Crippen LogP contribution < -0.4 is 0 Å². The van der Waals surface area contributed by atoms with Crippen molar-refractivity contribution in [3.63, 3.8) is 0 Å².